The van der Waals surface area contributed by atoms with Crippen LogP contribution in [0.1, 0.15) is 37.6 Å². The van der Waals surface area contributed by atoms with Crippen LogP contribution in [-0.4, -0.2) is 28.4 Å². The Morgan fingerprint density at radius 2 is 2.26 bits per heavy atom. The van der Waals surface area contributed by atoms with Gasteiger partial charge in [-0.3, -0.25) is 9.59 Å². The predicted molar refractivity (Wildman–Crippen MR) is 68.5 cm³/mol. The Kier molecular flexibility index (Phi) is 3.64. The molecule has 1 aliphatic rings. The first-order chi connectivity index (χ1) is 8.91. The highest BCUT2D eigenvalue weighted by Crippen LogP contribution is 2.40. The maximum Gasteiger partial charge on any atom is 0.309 e. The minimum Gasteiger partial charge on any atom is -0.481 e. The molecule has 1 aliphatic heterocycles. The van der Waals surface area contributed by atoms with Gasteiger partial charge >= 0.3 is 5.97 Å². The Balaban J connectivity index is 2.39. The molecule has 2 heterocycles. The van der Waals surface area contributed by atoms with Crippen molar-refractivity contribution in [3.8, 4) is 0 Å². The second-order valence-electron chi connectivity index (χ2n) is 5.50. The summed E-state index contributed by atoms with van der Waals surface area (Å²) in [4.78, 5) is 25.1. The molecule has 2 atom stereocenters. The summed E-state index contributed by atoms with van der Waals surface area (Å²) < 4.78 is 5.43. The fourth-order valence-electron chi connectivity index (χ4n) is 2.63. The number of nitrogens with zero attached hydrogens (tertiary/aromatic N) is 1. The van der Waals surface area contributed by atoms with Crippen LogP contribution in [-0.2, 0) is 9.59 Å². The second-order valence-corrected chi connectivity index (χ2v) is 5.50. The monoisotopic (exact) mass is 265 g/mol. The quantitative estimate of drug-likeness (QED) is 0.906. The van der Waals surface area contributed by atoms with Crippen molar-refractivity contribution in [1.82, 2.24) is 4.90 Å². The van der Waals surface area contributed by atoms with Crippen LogP contribution in [0.25, 0.3) is 0 Å². The smallest absolute Gasteiger partial charge is 0.309 e. The molecular formula is C14H19NO4. The molecule has 5 heteroatoms. The van der Waals surface area contributed by atoms with E-state index in [4.69, 9.17) is 4.42 Å². The number of aliphatic carboxylic acids is 1. The van der Waals surface area contributed by atoms with Crippen molar-refractivity contribution in [3.63, 3.8) is 0 Å². The minimum absolute atomic E-state index is 0.0485. The van der Waals surface area contributed by atoms with Gasteiger partial charge in [-0.1, -0.05) is 13.8 Å². The van der Waals surface area contributed by atoms with Crippen molar-refractivity contribution in [2.45, 2.75) is 33.2 Å². The van der Waals surface area contributed by atoms with Gasteiger partial charge < -0.3 is 14.4 Å². The van der Waals surface area contributed by atoms with Gasteiger partial charge in [0.1, 0.15) is 11.8 Å². The van der Waals surface area contributed by atoms with Gasteiger partial charge in [-0.05, 0) is 24.5 Å². The predicted octanol–water partition coefficient (Wildman–Crippen LogP) is 2.22. The molecule has 1 amide bonds. The first-order valence-corrected chi connectivity index (χ1v) is 6.48. The van der Waals surface area contributed by atoms with Crippen molar-refractivity contribution in [2.75, 3.05) is 6.54 Å². The number of aryl methyl sites for hydroxylation is 1. The van der Waals surface area contributed by atoms with Gasteiger partial charge in [-0.25, -0.2) is 0 Å². The highest BCUT2D eigenvalue weighted by molar-refractivity contribution is 5.87. The standard InChI is InChI=1S/C14H19NO4/c1-8(2)7-15-11(16)6-10(14(17)18)12(15)13-9(3)4-5-19-13/h4-5,8,10,12H,6-7H2,1-3H3,(H,17,18). The number of rotatable bonds is 4. The average molecular weight is 265 g/mol. The van der Waals surface area contributed by atoms with Crippen LogP contribution in [0.2, 0.25) is 0 Å². The lowest BCUT2D eigenvalue weighted by Gasteiger charge is -2.27. The average Bonchev–Trinajstić information content (AvgIpc) is 2.84. The van der Waals surface area contributed by atoms with Crippen molar-refractivity contribution in [2.24, 2.45) is 11.8 Å². The molecule has 2 rings (SSSR count). The molecule has 104 valence electrons. The summed E-state index contributed by atoms with van der Waals surface area (Å²) in [6, 6.07) is 1.31. The lowest BCUT2D eigenvalue weighted by Crippen LogP contribution is -2.33. The Labute approximate surface area is 112 Å². The molecule has 1 aromatic rings. The maximum atomic E-state index is 12.1. The molecule has 1 saturated heterocycles. The lowest BCUT2D eigenvalue weighted by atomic mass is 9.96. The Bertz CT molecular complexity index is 491. The van der Waals surface area contributed by atoms with E-state index in [1.54, 1.807) is 17.2 Å². The highest BCUT2D eigenvalue weighted by Gasteiger charge is 2.46. The summed E-state index contributed by atoms with van der Waals surface area (Å²) in [5.41, 5.74) is 0.889. The van der Waals surface area contributed by atoms with E-state index in [0.29, 0.717) is 12.3 Å². The summed E-state index contributed by atoms with van der Waals surface area (Å²) in [7, 11) is 0. The first-order valence-electron chi connectivity index (χ1n) is 6.48. The van der Waals surface area contributed by atoms with Crippen LogP contribution in [0.5, 0.6) is 0 Å². The molecule has 19 heavy (non-hydrogen) atoms. The van der Waals surface area contributed by atoms with Crippen LogP contribution >= 0.6 is 0 Å². The van der Waals surface area contributed by atoms with Gasteiger partial charge in [-0.2, -0.15) is 0 Å². The molecule has 1 N–H and O–H groups in total. The fourth-order valence-corrected chi connectivity index (χ4v) is 2.63. The van der Waals surface area contributed by atoms with Crippen LogP contribution < -0.4 is 0 Å². The molecule has 5 nitrogen and oxygen atoms in total. The topological polar surface area (TPSA) is 70.7 Å². The van der Waals surface area contributed by atoms with Crippen molar-refractivity contribution in [3.05, 3.63) is 23.7 Å². The van der Waals surface area contributed by atoms with E-state index in [1.165, 1.54) is 0 Å². The normalized spacial score (nSPS) is 23.4. The summed E-state index contributed by atoms with van der Waals surface area (Å²) in [5.74, 6) is -0.897. The largest absolute Gasteiger partial charge is 0.481 e. The second kappa shape index (κ2) is 5.07. The molecule has 2 unspecified atom stereocenters. The van der Waals surface area contributed by atoms with Crippen LogP contribution in [0.15, 0.2) is 16.7 Å². The summed E-state index contributed by atoms with van der Waals surface area (Å²) in [6.45, 7) is 6.43. The van der Waals surface area contributed by atoms with Gasteiger partial charge in [0.15, 0.2) is 0 Å². The fraction of sp³-hybridized carbons (Fsp3) is 0.571. The maximum absolute atomic E-state index is 12.1. The SMILES string of the molecule is Cc1ccoc1C1C(C(=O)O)CC(=O)N1CC(C)C. The van der Waals surface area contributed by atoms with Gasteiger partial charge in [0.05, 0.1) is 12.2 Å². The molecule has 0 bridgehead atoms. The molecule has 0 aliphatic carbocycles. The van der Waals surface area contributed by atoms with E-state index in [-0.39, 0.29) is 18.2 Å². The zero-order valence-electron chi connectivity index (χ0n) is 11.4. The number of carboxylic acids is 1. The van der Waals surface area contributed by atoms with E-state index in [2.05, 4.69) is 0 Å². The zero-order chi connectivity index (χ0) is 14.2. The van der Waals surface area contributed by atoms with Gasteiger partial charge in [-0.15, -0.1) is 0 Å². The third-order valence-corrected chi connectivity index (χ3v) is 3.48. The molecule has 0 saturated carbocycles. The molecule has 0 radical (unpaired) electrons. The van der Waals surface area contributed by atoms with Gasteiger partial charge in [0, 0.05) is 13.0 Å². The van der Waals surface area contributed by atoms with Gasteiger partial charge in [0.25, 0.3) is 0 Å². The Morgan fingerprint density at radius 3 is 2.74 bits per heavy atom. The van der Waals surface area contributed by atoms with E-state index in [0.717, 1.165) is 5.56 Å². The third-order valence-electron chi connectivity index (χ3n) is 3.48. The van der Waals surface area contributed by atoms with Crippen molar-refractivity contribution in [1.29, 1.82) is 0 Å². The number of hydrogen-bond acceptors (Lipinski definition) is 3. The third kappa shape index (κ3) is 2.50. The van der Waals surface area contributed by atoms with Crippen LogP contribution in [0.4, 0.5) is 0 Å². The molecular weight excluding hydrogens is 246 g/mol. The molecule has 1 aromatic heterocycles. The van der Waals surface area contributed by atoms with E-state index in [1.807, 2.05) is 20.8 Å². The van der Waals surface area contributed by atoms with Gasteiger partial charge in [0.2, 0.25) is 5.91 Å². The number of carbonyl (C=O) groups is 2. The molecule has 1 fully saturated rings. The van der Waals surface area contributed by atoms with Crippen molar-refractivity contribution >= 4 is 11.9 Å². The van der Waals surface area contributed by atoms with E-state index >= 15 is 0 Å². The number of carbonyl (C=O) groups excluding carboxylic acids is 1. The minimum atomic E-state index is -0.944. The number of carboxylic acid groups (broad SMARTS) is 1. The Hall–Kier alpha value is -1.78. The lowest BCUT2D eigenvalue weighted by molar-refractivity contribution is -0.143. The zero-order valence-corrected chi connectivity index (χ0v) is 11.4. The summed E-state index contributed by atoms with van der Waals surface area (Å²) >= 11 is 0. The van der Waals surface area contributed by atoms with Crippen molar-refractivity contribution < 1.29 is 19.1 Å². The first kappa shape index (κ1) is 13.6. The number of hydrogen-bond donors (Lipinski definition) is 1. The highest BCUT2D eigenvalue weighted by atomic mass is 16.4. The van der Waals surface area contributed by atoms with E-state index in [9.17, 15) is 14.7 Å². The number of furan rings is 1. The van der Waals surface area contributed by atoms with E-state index < -0.39 is 17.9 Å². The summed E-state index contributed by atoms with van der Waals surface area (Å²) in [5, 5.41) is 9.32. The summed E-state index contributed by atoms with van der Waals surface area (Å²) in [6.07, 6.45) is 1.59. The molecule has 0 aromatic carbocycles. The molecule has 0 spiro atoms. The van der Waals surface area contributed by atoms with Crippen LogP contribution in [0.3, 0.4) is 0 Å². The number of likely N-dealkylation sites (tertiary alicyclic amines) is 1. The Morgan fingerprint density at radius 1 is 1.58 bits per heavy atom. The van der Waals surface area contributed by atoms with Crippen LogP contribution in [0, 0.1) is 18.8 Å². The number of amides is 1.